The number of carboxylic acid groups (broad SMARTS) is 2. The predicted molar refractivity (Wildman–Crippen MR) is 126 cm³/mol. The van der Waals surface area contributed by atoms with E-state index < -0.39 is 46.4 Å². The van der Waals surface area contributed by atoms with E-state index in [0.29, 0.717) is 9.79 Å². The van der Waals surface area contributed by atoms with Crippen molar-refractivity contribution in [1.82, 2.24) is 0 Å². The summed E-state index contributed by atoms with van der Waals surface area (Å²) >= 11 is -2.44. The Morgan fingerprint density at radius 3 is 1.29 bits per heavy atom. The normalized spacial score (nSPS) is 14.1. The lowest BCUT2D eigenvalue weighted by Crippen LogP contribution is -2.32. The van der Waals surface area contributed by atoms with Crippen molar-refractivity contribution in [1.29, 1.82) is 0 Å². The summed E-state index contributed by atoms with van der Waals surface area (Å²) in [4.78, 5) is 22.1. The Morgan fingerprint density at radius 1 is 0.742 bits per heavy atom. The Hall–Kier alpha value is -1.73. The van der Waals surface area contributed by atoms with Gasteiger partial charge in [-0.15, -0.1) is 0 Å². The number of hydrogen-bond donors (Lipinski definition) is 4. The first-order valence-corrected chi connectivity index (χ1v) is 11.6. The number of nitrogens with two attached hydrogens (primary N) is 2. The second-order valence-corrected chi connectivity index (χ2v) is 9.36. The first-order chi connectivity index (χ1) is 14.2. The van der Waals surface area contributed by atoms with Crippen molar-refractivity contribution in [3.8, 4) is 0 Å². The van der Waals surface area contributed by atoms with Crippen LogP contribution < -0.4 is 11.5 Å². The molecule has 4 unspecified atom stereocenters. The number of hydrogen-bond acceptors (Lipinski definition) is 6. The molecule has 0 amide bonds. The maximum Gasteiger partial charge on any atom is 0.305 e. The molecule has 0 spiro atoms. The Morgan fingerprint density at radius 2 is 1.03 bits per heavy atom. The van der Waals surface area contributed by atoms with Crippen molar-refractivity contribution in [2.45, 2.75) is 34.7 Å². The molecule has 0 saturated carbocycles. The summed E-state index contributed by atoms with van der Waals surface area (Å²) in [5, 5.41) is 17.0. The summed E-state index contributed by atoms with van der Waals surface area (Å²) in [6, 6.07) is 16.6. The van der Waals surface area contributed by atoms with Crippen LogP contribution in [-0.2, 0) is 31.9 Å². The highest BCUT2D eigenvalue weighted by Gasteiger charge is 2.18. The first-order valence-electron chi connectivity index (χ1n) is 9.00. The van der Waals surface area contributed by atoms with E-state index in [0.717, 1.165) is 0 Å². The summed E-state index contributed by atoms with van der Waals surface area (Å²) in [5.74, 6) is -1.58. The van der Waals surface area contributed by atoms with Gasteiger partial charge in [0.25, 0.3) is 0 Å². The van der Waals surface area contributed by atoms with Gasteiger partial charge in [0, 0.05) is 0 Å². The van der Waals surface area contributed by atoms with Gasteiger partial charge in [-0.25, -0.2) is 0 Å². The zero-order valence-corrected chi connectivity index (χ0v) is 19.4. The van der Waals surface area contributed by atoms with Gasteiger partial charge in [0.05, 0.1) is 24.9 Å². The minimum atomic E-state index is -1.22. The zero-order chi connectivity index (χ0) is 22.5. The number of carbonyl (C=O) groups is 2. The number of carboxylic acids is 2. The zero-order valence-electron chi connectivity index (χ0n) is 16.8. The van der Waals surface area contributed by atoms with Gasteiger partial charge in [-0.05, 0) is 46.6 Å². The molecule has 8 nitrogen and oxygen atoms in total. The number of rotatable bonds is 10. The van der Waals surface area contributed by atoms with Gasteiger partial charge in [0.2, 0.25) is 0 Å². The summed E-state index contributed by atoms with van der Waals surface area (Å²) in [6.45, 7) is 0. The first kappa shape index (κ1) is 29.3. The van der Waals surface area contributed by atoms with Gasteiger partial charge in [-0.2, -0.15) is 13.5 Å². The molecule has 0 aliphatic heterocycles. The Kier molecular flexibility index (Phi) is 15.1. The highest BCUT2D eigenvalue weighted by molar-refractivity contribution is 7.91. The van der Waals surface area contributed by atoms with E-state index in [1.165, 1.54) is 0 Å². The molecular weight excluding hydrogens is 460 g/mol. The second kappa shape index (κ2) is 16.0. The smallest absolute Gasteiger partial charge is 0.305 e. The Balaban J connectivity index is 0.000000562. The van der Waals surface area contributed by atoms with Gasteiger partial charge >= 0.3 is 11.9 Å². The van der Waals surface area contributed by atoms with E-state index in [1.54, 1.807) is 48.5 Å². The van der Waals surface area contributed by atoms with E-state index in [2.05, 4.69) is 0 Å². The molecule has 2 rings (SSSR count). The molecule has 2 aromatic rings. The van der Waals surface area contributed by atoms with Crippen LogP contribution in [0.1, 0.15) is 12.8 Å². The fourth-order valence-corrected chi connectivity index (χ4v) is 4.61. The number of aliphatic carboxylic acids is 2. The van der Waals surface area contributed by atoms with Crippen molar-refractivity contribution in [3.05, 3.63) is 60.7 Å². The average Bonchev–Trinajstić information content (AvgIpc) is 2.68. The largest absolute Gasteiger partial charge is 0.611 e. The molecule has 0 aliphatic rings. The summed E-state index contributed by atoms with van der Waals surface area (Å²) in [6.07, 6.45) is -0.308. The minimum absolute atomic E-state index is 0. The van der Waals surface area contributed by atoms with Crippen LogP contribution >= 0.6 is 13.5 Å². The van der Waals surface area contributed by atoms with E-state index in [1.807, 2.05) is 12.1 Å². The molecule has 0 saturated heterocycles. The third-order valence-electron chi connectivity index (χ3n) is 3.62. The van der Waals surface area contributed by atoms with Gasteiger partial charge in [-0.3, -0.25) is 9.59 Å². The van der Waals surface area contributed by atoms with Crippen LogP contribution in [0.2, 0.25) is 0 Å². The molecule has 2 aromatic carbocycles. The average molecular weight is 489 g/mol. The van der Waals surface area contributed by atoms with Crippen molar-refractivity contribution >= 4 is 47.8 Å². The van der Waals surface area contributed by atoms with Gasteiger partial charge in [0.15, 0.2) is 9.79 Å². The van der Waals surface area contributed by atoms with Crippen molar-refractivity contribution in [3.63, 3.8) is 0 Å². The maximum absolute atomic E-state index is 11.7. The molecule has 0 aromatic heterocycles. The molecule has 6 N–H and O–H groups in total. The monoisotopic (exact) mass is 488 g/mol. The highest BCUT2D eigenvalue weighted by atomic mass is 32.2. The standard InChI is InChI=1S/2C10H13NO3S.H2S/c2*11-8(6-10(12)13)7-15(14)9-4-2-1-3-5-9;/h2*1-5,8H,6-7,11H2,(H,12,13);1H2. The third kappa shape index (κ3) is 13.3. The van der Waals surface area contributed by atoms with Crippen LogP contribution in [0, 0.1) is 0 Å². The van der Waals surface area contributed by atoms with Gasteiger partial charge in [0.1, 0.15) is 11.5 Å². The van der Waals surface area contributed by atoms with Crippen LogP contribution in [-0.4, -0.2) is 54.8 Å². The van der Waals surface area contributed by atoms with Crippen LogP contribution in [0.25, 0.3) is 0 Å². The highest BCUT2D eigenvalue weighted by Crippen LogP contribution is 2.12. The lowest BCUT2D eigenvalue weighted by atomic mass is 10.2. The Labute approximate surface area is 194 Å². The summed E-state index contributed by atoms with van der Waals surface area (Å²) in [7, 11) is 0. The van der Waals surface area contributed by atoms with E-state index >= 15 is 0 Å². The topological polar surface area (TPSA) is 173 Å². The fraction of sp³-hybridized carbons (Fsp3) is 0.300. The molecule has 4 atom stereocenters. The van der Waals surface area contributed by atoms with Crippen molar-refractivity contribution in [2.24, 2.45) is 11.5 Å². The molecule has 0 heterocycles. The molecule has 0 aliphatic carbocycles. The third-order valence-corrected chi connectivity index (χ3v) is 6.67. The molecule has 0 bridgehead atoms. The van der Waals surface area contributed by atoms with Gasteiger partial charge < -0.3 is 30.8 Å². The fourth-order valence-electron chi connectivity index (χ4n) is 2.29. The quantitative estimate of drug-likeness (QED) is 0.362. The lowest BCUT2D eigenvalue weighted by molar-refractivity contribution is -0.138. The summed E-state index contributed by atoms with van der Waals surface area (Å²) in [5.41, 5.74) is 11.1. The minimum Gasteiger partial charge on any atom is -0.611 e. The van der Waals surface area contributed by atoms with Crippen molar-refractivity contribution in [2.75, 3.05) is 11.5 Å². The van der Waals surface area contributed by atoms with E-state index in [4.69, 9.17) is 21.7 Å². The maximum atomic E-state index is 11.7. The van der Waals surface area contributed by atoms with Crippen LogP contribution in [0.15, 0.2) is 70.5 Å². The molecule has 11 heteroatoms. The molecule has 172 valence electrons. The SMILES string of the molecule is NC(CC(=O)O)C[S+]([O-])c1ccccc1.NC(CC(=O)O)C[S+]([O-])c1ccccc1.S. The van der Waals surface area contributed by atoms with Gasteiger partial charge in [-0.1, -0.05) is 36.4 Å². The molecular formula is C20H28N2O6S3. The van der Waals surface area contributed by atoms with Crippen LogP contribution in [0.3, 0.4) is 0 Å². The van der Waals surface area contributed by atoms with Crippen LogP contribution in [0.5, 0.6) is 0 Å². The Bertz CT molecular complexity index is 705. The molecule has 31 heavy (non-hydrogen) atoms. The molecule has 0 fully saturated rings. The lowest BCUT2D eigenvalue weighted by Gasteiger charge is -2.13. The second-order valence-electron chi connectivity index (χ2n) is 6.37. The predicted octanol–water partition coefficient (Wildman–Crippen LogP) is 1.31. The van der Waals surface area contributed by atoms with Crippen LogP contribution in [0.4, 0.5) is 0 Å². The van der Waals surface area contributed by atoms with Crippen molar-refractivity contribution < 1.29 is 28.9 Å². The molecule has 0 radical (unpaired) electrons. The van der Waals surface area contributed by atoms with E-state index in [-0.39, 0.29) is 37.8 Å². The summed E-state index contributed by atoms with van der Waals surface area (Å²) < 4.78 is 23.3. The number of benzene rings is 2. The van der Waals surface area contributed by atoms with E-state index in [9.17, 15) is 18.7 Å².